The van der Waals surface area contributed by atoms with Gasteiger partial charge in [-0.15, -0.1) is 0 Å². The first-order valence-electron chi connectivity index (χ1n) is 4.22. The Labute approximate surface area is 85.3 Å². The molecule has 82 valence electrons. The Morgan fingerprint density at radius 2 is 2.20 bits per heavy atom. The number of ether oxygens (including phenoxy) is 1. The molecule has 1 aromatic rings. The summed E-state index contributed by atoms with van der Waals surface area (Å²) in [5.74, 6) is -3.98. The Bertz CT molecular complexity index is 358. The zero-order chi connectivity index (χ0) is 11.5. The van der Waals surface area contributed by atoms with Crippen molar-refractivity contribution in [3.05, 3.63) is 29.8 Å². The molecule has 15 heavy (non-hydrogen) atoms. The summed E-state index contributed by atoms with van der Waals surface area (Å²) in [7, 11) is 0. The van der Waals surface area contributed by atoms with E-state index in [1.54, 1.807) is 0 Å². The second-order valence-corrected chi connectivity index (χ2v) is 3.10. The lowest BCUT2D eigenvalue weighted by Crippen LogP contribution is -2.11. The summed E-state index contributed by atoms with van der Waals surface area (Å²) >= 11 is 0. The van der Waals surface area contributed by atoms with E-state index < -0.39 is 18.5 Å². The van der Waals surface area contributed by atoms with Crippen molar-refractivity contribution in [1.82, 2.24) is 0 Å². The van der Waals surface area contributed by atoms with Crippen molar-refractivity contribution in [2.24, 2.45) is 0 Å². The molecule has 0 atom stereocenters. The fraction of sp³-hybridized carbons (Fsp3) is 0.300. The molecule has 0 aromatic heterocycles. The van der Waals surface area contributed by atoms with E-state index in [9.17, 15) is 13.6 Å². The first-order valence-corrected chi connectivity index (χ1v) is 4.22. The first kappa shape index (κ1) is 11.4. The van der Waals surface area contributed by atoms with Crippen LogP contribution in [0.5, 0.6) is 5.75 Å². The highest BCUT2D eigenvalue weighted by Crippen LogP contribution is 2.29. The summed E-state index contributed by atoms with van der Waals surface area (Å²) in [5, 5.41) is 8.33. The molecule has 0 aliphatic heterocycles. The fourth-order valence-corrected chi connectivity index (χ4v) is 1.00. The summed E-state index contributed by atoms with van der Waals surface area (Å²) in [6, 6.07) is 5.21. The number of hydrogen-bond donors (Lipinski definition) is 1. The fourth-order valence-electron chi connectivity index (χ4n) is 1.00. The lowest BCUT2D eigenvalue weighted by molar-refractivity contribution is -0.139. The number of benzene rings is 1. The van der Waals surface area contributed by atoms with Crippen LogP contribution >= 0.6 is 0 Å². The number of carbonyl (C=O) groups is 1. The average molecular weight is 216 g/mol. The molecular formula is C10H10F2O3. The number of rotatable bonds is 4. The maximum atomic E-state index is 12.9. The van der Waals surface area contributed by atoms with Crippen LogP contribution in [-0.4, -0.2) is 17.7 Å². The van der Waals surface area contributed by atoms with Crippen molar-refractivity contribution in [3.8, 4) is 5.75 Å². The summed E-state index contributed by atoms with van der Waals surface area (Å²) < 4.78 is 30.5. The van der Waals surface area contributed by atoms with Crippen LogP contribution in [0.15, 0.2) is 24.3 Å². The molecule has 0 unspecified atom stereocenters. The summed E-state index contributed by atoms with van der Waals surface area (Å²) in [5.41, 5.74) is -0.203. The van der Waals surface area contributed by atoms with Crippen molar-refractivity contribution in [2.45, 2.75) is 12.8 Å². The Kier molecular flexibility index (Phi) is 3.24. The average Bonchev–Trinajstić information content (AvgIpc) is 2.14. The molecule has 0 aliphatic carbocycles. The van der Waals surface area contributed by atoms with Crippen molar-refractivity contribution >= 4 is 5.97 Å². The number of alkyl halides is 2. The lowest BCUT2D eigenvalue weighted by atomic mass is 10.1. The van der Waals surface area contributed by atoms with E-state index in [4.69, 9.17) is 9.84 Å². The van der Waals surface area contributed by atoms with Crippen LogP contribution in [0.1, 0.15) is 12.5 Å². The van der Waals surface area contributed by atoms with Gasteiger partial charge in [0, 0.05) is 12.5 Å². The third kappa shape index (κ3) is 3.53. The van der Waals surface area contributed by atoms with Crippen LogP contribution in [0.3, 0.4) is 0 Å². The van der Waals surface area contributed by atoms with E-state index in [0.717, 1.165) is 13.0 Å². The van der Waals surface area contributed by atoms with Gasteiger partial charge in [0.05, 0.1) is 0 Å². The highest BCUT2D eigenvalue weighted by atomic mass is 19.3. The van der Waals surface area contributed by atoms with Gasteiger partial charge in [0.1, 0.15) is 5.75 Å². The second-order valence-electron chi connectivity index (χ2n) is 3.10. The molecule has 0 amide bonds. The molecule has 0 saturated carbocycles. The number of hydrogen-bond acceptors (Lipinski definition) is 2. The zero-order valence-corrected chi connectivity index (χ0v) is 8.04. The van der Waals surface area contributed by atoms with Crippen molar-refractivity contribution in [1.29, 1.82) is 0 Å². The van der Waals surface area contributed by atoms with Crippen molar-refractivity contribution < 1.29 is 23.4 Å². The van der Waals surface area contributed by atoms with E-state index in [-0.39, 0.29) is 11.3 Å². The Morgan fingerprint density at radius 3 is 2.73 bits per heavy atom. The number of carboxylic acids is 1. The molecule has 1 rings (SSSR count). The summed E-state index contributed by atoms with van der Waals surface area (Å²) in [6.07, 6.45) is 0. The van der Waals surface area contributed by atoms with Gasteiger partial charge >= 0.3 is 5.97 Å². The molecule has 0 saturated heterocycles. The van der Waals surface area contributed by atoms with E-state index in [0.29, 0.717) is 0 Å². The monoisotopic (exact) mass is 216 g/mol. The summed E-state index contributed by atoms with van der Waals surface area (Å²) in [4.78, 5) is 10.2. The third-order valence-corrected chi connectivity index (χ3v) is 1.70. The predicted molar refractivity (Wildman–Crippen MR) is 49.1 cm³/mol. The molecule has 0 aliphatic rings. The smallest absolute Gasteiger partial charge is 0.341 e. The van der Waals surface area contributed by atoms with E-state index in [2.05, 4.69) is 0 Å². The largest absolute Gasteiger partial charge is 0.482 e. The minimum Gasteiger partial charge on any atom is -0.482 e. The maximum absolute atomic E-state index is 12.9. The SMILES string of the molecule is CC(F)(F)c1cccc(OCC(=O)O)c1. The van der Waals surface area contributed by atoms with Crippen LogP contribution in [-0.2, 0) is 10.7 Å². The van der Waals surface area contributed by atoms with Crippen LogP contribution in [0.2, 0.25) is 0 Å². The number of halogens is 2. The standard InChI is InChI=1S/C10H10F2O3/c1-10(11,12)7-3-2-4-8(5-7)15-6-9(13)14/h2-5H,6H2,1H3,(H,13,14). The van der Waals surface area contributed by atoms with Gasteiger partial charge in [-0.05, 0) is 12.1 Å². The van der Waals surface area contributed by atoms with Crippen molar-refractivity contribution in [3.63, 3.8) is 0 Å². The van der Waals surface area contributed by atoms with Gasteiger partial charge in [-0.25, -0.2) is 13.6 Å². The molecule has 1 aromatic carbocycles. The van der Waals surface area contributed by atoms with Gasteiger partial charge in [-0.1, -0.05) is 12.1 Å². The van der Waals surface area contributed by atoms with Gasteiger partial charge in [0.15, 0.2) is 6.61 Å². The van der Waals surface area contributed by atoms with Gasteiger partial charge in [0.25, 0.3) is 5.92 Å². The number of carboxylic acid groups (broad SMARTS) is 1. The van der Waals surface area contributed by atoms with E-state index in [1.807, 2.05) is 0 Å². The molecule has 0 spiro atoms. The summed E-state index contributed by atoms with van der Waals surface area (Å²) in [6.45, 7) is 0.224. The van der Waals surface area contributed by atoms with Gasteiger partial charge in [-0.3, -0.25) is 0 Å². The molecule has 0 bridgehead atoms. The minimum absolute atomic E-state index is 0.122. The van der Waals surface area contributed by atoms with Gasteiger partial charge in [-0.2, -0.15) is 0 Å². The topological polar surface area (TPSA) is 46.5 Å². The van der Waals surface area contributed by atoms with E-state index >= 15 is 0 Å². The molecule has 1 N–H and O–H groups in total. The Balaban J connectivity index is 2.79. The second kappa shape index (κ2) is 4.25. The highest BCUT2D eigenvalue weighted by Gasteiger charge is 2.24. The maximum Gasteiger partial charge on any atom is 0.341 e. The third-order valence-electron chi connectivity index (χ3n) is 1.70. The van der Waals surface area contributed by atoms with Crippen molar-refractivity contribution in [2.75, 3.05) is 6.61 Å². The van der Waals surface area contributed by atoms with E-state index in [1.165, 1.54) is 18.2 Å². The lowest BCUT2D eigenvalue weighted by Gasteiger charge is -2.11. The van der Waals surface area contributed by atoms with Crippen LogP contribution < -0.4 is 4.74 Å². The van der Waals surface area contributed by atoms with Gasteiger partial charge < -0.3 is 9.84 Å². The zero-order valence-electron chi connectivity index (χ0n) is 8.04. The quantitative estimate of drug-likeness (QED) is 0.839. The molecular weight excluding hydrogens is 206 g/mol. The van der Waals surface area contributed by atoms with Gasteiger partial charge in [0.2, 0.25) is 0 Å². The van der Waals surface area contributed by atoms with Crippen LogP contribution in [0.4, 0.5) is 8.78 Å². The minimum atomic E-state index is -2.96. The molecule has 3 nitrogen and oxygen atoms in total. The normalized spacial score (nSPS) is 11.1. The molecule has 0 heterocycles. The number of aliphatic carboxylic acids is 1. The molecule has 0 fully saturated rings. The first-order chi connectivity index (χ1) is 6.89. The Morgan fingerprint density at radius 1 is 1.53 bits per heavy atom. The predicted octanol–water partition coefficient (Wildman–Crippen LogP) is 2.26. The van der Waals surface area contributed by atoms with Crippen LogP contribution in [0, 0.1) is 0 Å². The highest BCUT2D eigenvalue weighted by molar-refractivity contribution is 5.68. The Hall–Kier alpha value is -1.65. The molecule has 0 radical (unpaired) electrons. The molecule has 5 heteroatoms. The van der Waals surface area contributed by atoms with Crippen LogP contribution in [0.25, 0.3) is 0 Å².